The number of Topliss-reactive ketones (excluding diaryl/α,β-unsaturated/α-hetero) is 1. The van der Waals surface area contributed by atoms with Gasteiger partial charge in [-0.05, 0) is 34.7 Å². The number of hydrogen-bond acceptors (Lipinski definition) is 6. The Balaban J connectivity index is 1.75. The first-order chi connectivity index (χ1) is 11.7. The third-order valence-electron chi connectivity index (χ3n) is 3.22. The van der Waals surface area contributed by atoms with Gasteiger partial charge in [-0.15, -0.1) is 5.10 Å². The zero-order valence-electron chi connectivity index (χ0n) is 12.7. The van der Waals surface area contributed by atoms with Crippen molar-refractivity contribution in [1.29, 1.82) is 0 Å². The van der Waals surface area contributed by atoms with Crippen LogP contribution in [0.4, 0.5) is 0 Å². The van der Waals surface area contributed by atoms with Crippen LogP contribution in [0.1, 0.15) is 10.4 Å². The van der Waals surface area contributed by atoms with Gasteiger partial charge in [0.15, 0.2) is 5.78 Å². The zero-order chi connectivity index (χ0) is 16.9. The maximum Gasteiger partial charge on any atom is 0.214 e. The Hall–Kier alpha value is -2.19. The third-order valence-corrected chi connectivity index (χ3v) is 4.63. The lowest BCUT2D eigenvalue weighted by molar-refractivity contribution is 0.102. The molecule has 0 saturated carbocycles. The summed E-state index contributed by atoms with van der Waals surface area (Å²) in [6.07, 6.45) is 0. The number of thioether (sulfide) groups is 1. The van der Waals surface area contributed by atoms with Gasteiger partial charge in [0.1, 0.15) is 5.75 Å². The lowest BCUT2D eigenvalue weighted by Gasteiger charge is -2.06. The van der Waals surface area contributed by atoms with Gasteiger partial charge in [-0.3, -0.25) is 4.79 Å². The summed E-state index contributed by atoms with van der Waals surface area (Å²) in [5, 5.41) is 12.2. The second kappa shape index (κ2) is 7.59. The fraction of sp³-hybridized carbons (Fsp3) is 0.125. The Morgan fingerprint density at radius 3 is 2.88 bits per heavy atom. The molecule has 0 aliphatic carbocycles. The first-order valence-electron chi connectivity index (χ1n) is 7.02. The van der Waals surface area contributed by atoms with E-state index in [0.717, 1.165) is 10.2 Å². The summed E-state index contributed by atoms with van der Waals surface area (Å²) in [7, 11) is 1.60. The highest BCUT2D eigenvalue weighted by Gasteiger charge is 2.13. The molecule has 0 aliphatic heterocycles. The monoisotopic (exact) mass is 404 g/mol. The number of rotatable bonds is 6. The summed E-state index contributed by atoms with van der Waals surface area (Å²) in [5.41, 5.74) is 1.43. The van der Waals surface area contributed by atoms with Crippen molar-refractivity contribution in [3.05, 3.63) is 58.6 Å². The molecule has 0 fully saturated rings. The first-order valence-corrected chi connectivity index (χ1v) is 8.79. The molecule has 122 valence electrons. The predicted molar refractivity (Wildman–Crippen MR) is 94.9 cm³/mol. The van der Waals surface area contributed by atoms with Gasteiger partial charge in [0.05, 0.1) is 18.6 Å². The maximum absolute atomic E-state index is 12.3. The molecular formula is C16H13BrN4O2S. The lowest BCUT2D eigenvalue weighted by atomic mass is 10.2. The van der Waals surface area contributed by atoms with Crippen LogP contribution in [0.5, 0.6) is 5.75 Å². The molecule has 1 aromatic heterocycles. The molecule has 0 radical (unpaired) electrons. The molecule has 6 nitrogen and oxygen atoms in total. The molecule has 24 heavy (non-hydrogen) atoms. The van der Waals surface area contributed by atoms with E-state index in [-0.39, 0.29) is 11.5 Å². The Labute approximate surface area is 151 Å². The highest BCUT2D eigenvalue weighted by Crippen LogP contribution is 2.22. The predicted octanol–water partition coefficient (Wildman–Crippen LogP) is 3.41. The molecule has 0 bridgehead atoms. The summed E-state index contributed by atoms with van der Waals surface area (Å²) in [6.45, 7) is 0. The Morgan fingerprint density at radius 2 is 2.08 bits per heavy atom. The van der Waals surface area contributed by atoms with Crippen LogP contribution in [0, 0.1) is 0 Å². The van der Waals surface area contributed by atoms with Crippen molar-refractivity contribution in [2.24, 2.45) is 0 Å². The molecule has 0 amide bonds. The van der Waals surface area contributed by atoms with E-state index in [1.54, 1.807) is 23.9 Å². The van der Waals surface area contributed by atoms with Crippen molar-refractivity contribution in [2.45, 2.75) is 5.16 Å². The average Bonchev–Trinajstić information content (AvgIpc) is 3.08. The minimum absolute atomic E-state index is 0.0153. The van der Waals surface area contributed by atoms with Crippen LogP contribution in [0.25, 0.3) is 5.69 Å². The van der Waals surface area contributed by atoms with Crippen molar-refractivity contribution in [3.8, 4) is 11.4 Å². The van der Waals surface area contributed by atoms with Gasteiger partial charge >= 0.3 is 0 Å². The van der Waals surface area contributed by atoms with Crippen molar-refractivity contribution in [1.82, 2.24) is 20.2 Å². The average molecular weight is 405 g/mol. The number of aromatic nitrogens is 4. The van der Waals surface area contributed by atoms with Gasteiger partial charge < -0.3 is 4.74 Å². The quantitative estimate of drug-likeness (QED) is 0.463. The smallest absolute Gasteiger partial charge is 0.214 e. The summed E-state index contributed by atoms with van der Waals surface area (Å²) in [5.74, 6) is 0.978. The van der Waals surface area contributed by atoms with E-state index in [1.807, 2.05) is 36.4 Å². The maximum atomic E-state index is 12.3. The number of tetrazole rings is 1. The summed E-state index contributed by atoms with van der Waals surface area (Å²) in [6, 6.07) is 14.7. The Bertz CT molecular complexity index is 869. The van der Waals surface area contributed by atoms with Crippen LogP contribution >= 0.6 is 27.7 Å². The molecule has 3 aromatic rings. The van der Waals surface area contributed by atoms with E-state index in [9.17, 15) is 4.79 Å². The van der Waals surface area contributed by atoms with Gasteiger partial charge in [-0.25, -0.2) is 0 Å². The second-order valence-electron chi connectivity index (χ2n) is 4.80. The van der Waals surface area contributed by atoms with E-state index >= 15 is 0 Å². The van der Waals surface area contributed by atoms with E-state index in [2.05, 4.69) is 31.5 Å². The molecule has 8 heteroatoms. The minimum Gasteiger partial charge on any atom is -0.497 e. The minimum atomic E-state index is 0.0153. The molecule has 2 aromatic carbocycles. The van der Waals surface area contributed by atoms with E-state index in [0.29, 0.717) is 16.5 Å². The normalized spacial score (nSPS) is 10.6. The number of benzene rings is 2. The fourth-order valence-corrected chi connectivity index (χ4v) is 3.23. The Morgan fingerprint density at radius 1 is 1.25 bits per heavy atom. The molecule has 0 saturated heterocycles. The van der Waals surface area contributed by atoms with Crippen LogP contribution in [-0.4, -0.2) is 38.9 Å². The van der Waals surface area contributed by atoms with Crippen molar-refractivity contribution >= 4 is 33.5 Å². The summed E-state index contributed by atoms with van der Waals surface area (Å²) < 4.78 is 7.67. The molecule has 3 rings (SSSR count). The summed E-state index contributed by atoms with van der Waals surface area (Å²) >= 11 is 4.66. The van der Waals surface area contributed by atoms with E-state index < -0.39 is 0 Å². The number of halogens is 1. The first kappa shape index (κ1) is 16.7. The van der Waals surface area contributed by atoms with Gasteiger partial charge in [0.2, 0.25) is 5.16 Å². The molecule has 0 aliphatic rings. The highest BCUT2D eigenvalue weighted by molar-refractivity contribution is 9.10. The number of methoxy groups -OCH3 is 1. The molecule has 0 unspecified atom stereocenters. The summed E-state index contributed by atoms with van der Waals surface area (Å²) in [4.78, 5) is 12.3. The molecular weight excluding hydrogens is 392 g/mol. The van der Waals surface area contributed by atoms with Crippen LogP contribution in [0.2, 0.25) is 0 Å². The second-order valence-corrected chi connectivity index (χ2v) is 6.66. The zero-order valence-corrected chi connectivity index (χ0v) is 15.1. The number of ketones is 1. The number of hydrogen-bond donors (Lipinski definition) is 0. The van der Waals surface area contributed by atoms with Gasteiger partial charge in [-0.2, -0.15) is 4.68 Å². The van der Waals surface area contributed by atoms with Gasteiger partial charge in [0, 0.05) is 16.1 Å². The van der Waals surface area contributed by atoms with Crippen LogP contribution in [0.15, 0.2) is 58.2 Å². The van der Waals surface area contributed by atoms with Crippen molar-refractivity contribution < 1.29 is 9.53 Å². The topological polar surface area (TPSA) is 69.9 Å². The van der Waals surface area contributed by atoms with Crippen molar-refractivity contribution in [2.75, 3.05) is 12.9 Å². The highest BCUT2D eigenvalue weighted by atomic mass is 79.9. The molecule has 1 heterocycles. The van der Waals surface area contributed by atoms with Crippen LogP contribution < -0.4 is 4.74 Å². The SMILES string of the molecule is COc1cccc(-n2nnnc2SCC(=O)c2cccc(Br)c2)c1. The largest absolute Gasteiger partial charge is 0.497 e. The molecule has 0 spiro atoms. The lowest BCUT2D eigenvalue weighted by Crippen LogP contribution is -2.05. The van der Waals surface area contributed by atoms with Gasteiger partial charge in [-0.1, -0.05) is 45.9 Å². The van der Waals surface area contributed by atoms with Crippen LogP contribution in [0.3, 0.4) is 0 Å². The Kier molecular flexibility index (Phi) is 5.27. The third kappa shape index (κ3) is 3.82. The van der Waals surface area contributed by atoms with Crippen molar-refractivity contribution in [3.63, 3.8) is 0 Å². The van der Waals surface area contributed by atoms with Crippen LogP contribution in [-0.2, 0) is 0 Å². The molecule has 0 atom stereocenters. The number of nitrogens with zero attached hydrogens (tertiary/aromatic N) is 4. The standard InChI is InChI=1S/C16H13BrN4O2S/c1-23-14-7-3-6-13(9-14)21-16(18-19-20-21)24-10-15(22)11-4-2-5-12(17)8-11/h2-9H,10H2,1H3. The van der Waals surface area contributed by atoms with Gasteiger partial charge in [0.25, 0.3) is 0 Å². The van der Waals surface area contributed by atoms with E-state index in [1.165, 1.54) is 11.8 Å². The molecule has 0 N–H and O–H groups in total. The van der Waals surface area contributed by atoms with E-state index in [4.69, 9.17) is 4.74 Å². The fourth-order valence-electron chi connectivity index (χ4n) is 2.05. The number of carbonyl (C=O) groups excluding carboxylic acids is 1. The number of ether oxygens (including phenoxy) is 1. The number of carbonyl (C=O) groups is 1.